The van der Waals surface area contributed by atoms with E-state index in [1.807, 2.05) is 43.5 Å². The Kier molecular flexibility index (Phi) is 5.75. The second kappa shape index (κ2) is 8.49. The second-order valence-electron chi connectivity index (χ2n) is 7.13. The van der Waals surface area contributed by atoms with Gasteiger partial charge in [0.15, 0.2) is 5.13 Å². The number of amides is 1. The molecular weight excluding hydrogens is 434 g/mol. The van der Waals surface area contributed by atoms with E-state index in [9.17, 15) is 9.59 Å². The highest BCUT2D eigenvalue weighted by Gasteiger charge is 2.16. The molecule has 0 aliphatic rings. The summed E-state index contributed by atoms with van der Waals surface area (Å²) >= 11 is 7.67. The highest BCUT2D eigenvalue weighted by Crippen LogP contribution is 2.31. The fourth-order valence-corrected chi connectivity index (χ4v) is 4.24. The summed E-state index contributed by atoms with van der Waals surface area (Å²) in [6.07, 6.45) is 0. The minimum Gasteiger partial charge on any atom is -0.344 e. The van der Waals surface area contributed by atoms with Crippen molar-refractivity contribution >= 4 is 34.0 Å². The largest absolute Gasteiger partial charge is 0.344 e. The fraction of sp³-hybridized carbons (Fsp3) is 0.182. The summed E-state index contributed by atoms with van der Waals surface area (Å²) in [7, 11) is 1.50. The van der Waals surface area contributed by atoms with E-state index in [1.54, 1.807) is 0 Å². The van der Waals surface area contributed by atoms with Crippen LogP contribution >= 0.6 is 22.9 Å². The summed E-state index contributed by atoms with van der Waals surface area (Å²) in [6.45, 7) is 4.77. The van der Waals surface area contributed by atoms with Gasteiger partial charge < -0.3 is 4.57 Å². The van der Waals surface area contributed by atoms with E-state index in [0.29, 0.717) is 11.7 Å². The van der Waals surface area contributed by atoms with Crippen LogP contribution in [0.5, 0.6) is 0 Å². The van der Waals surface area contributed by atoms with E-state index in [0.717, 1.165) is 37.9 Å². The van der Waals surface area contributed by atoms with Crippen molar-refractivity contribution in [1.29, 1.82) is 0 Å². The summed E-state index contributed by atoms with van der Waals surface area (Å²) in [4.78, 5) is 28.5. The van der Waals surface area contributed by atoms with Crippen LogP contribution in [0.3, 0.4) is 0 Å². The summed E-state index contributed by atoms with van der Waals surface area (Å²) < 4.78 is 3.32. The molecule has 31 heavy (non-hydrogen) atoms. The monoisotopic (exact) mass is 453 g/mol. The Labute approximate surface area is 188 Å². The third kappa shape index (κ3) is 4.30. The van der Waals surface area contributed by atoms with E-state index in [1.165, 1.54) is 30.5 Å². The minimum absolute atomic E-state index is 0.150. The molecule has 3 heterocycles. The molecule has 7 nitrogen and oxygen atoms in total. The van der Waals surface area contributed by atoms with Crippen molar-refractivity contribution < 1.29 is 4.79 Å². The molecule has 3 aromatic heterocycles. The molecule has 0 radical (unpaired) electrons. The quantitative estimate of drug-likeness (QED) is 0.489. The lowest BCUT2D eigenvalue weighted by Gasteiger charge is -2.11. The lowest BCUT2D eigenvalue weighted by Crippen LogP contribution is -2.23. The summed E-state index contributed by atoms with van der Waals surface area (Å²) in [5.41, 5.74) is 4.88. The molecule has 158 valence electrons. The van der Waals surface area contributed by atoms with Crippen LogP contribution in [0, 0.1) is 13.8 Å². The van der Waals surface area contributed by atoms with E-state index >= 15 is 0 Å². The van der Waals surface area contributed by atoms with Crippen LogP contribution in [-0.4, -0.2) is 25.2 Å². The number of hydrogen-bond donors (Lipinski definition) is 1. The molecule has 0 fully saturated rings. The molecule has 0 aliphatic heterocycles. The van der Waals surface area contributed by atoms with Crippen molar-refractivity contribution in [2.75, 3.05) is 5.32 Å². The fourth-order valence-electron chi connectivity index (χ4n) is 3.34. The molecule has 0 bridgehead atoms. The zero-order chi connectivity index (χ0) is 22.1. The normalized spacial score (nSPS) is 11.0. The molecule has 0 spiro atoms. The van der Waals surface area contributed by atoms with Crippen LogP contribution < -0.4 is 10.9 Å². The summed E-state index contributed by atoms with van der Waals surface area (Å²) in [6, 6.07) is 12.6. The molecule has 4 rings (SSSR count). The molecule has 0 atom stereocenters. The van der Waals surface area contributed by atoms with Gasteiger partial charge in [-0.3, -0.25) is 14.9 Å². The average molecular weight is 454 g/mol. The van der Waals surface area contributed by atoms with Crippen molar-refractivity contribution in [2.45, 2.75) is 20.4 Å². The Hall–Kier alpha value is -3.23. The van der Waals surface area contributed by atoms with Crippen LogP contribution in [0.2, 0.25) is 5.02 Å². The van der Waals surface area contributed by atoms with Gasteiger partial charge in [0, 0.05) is 47.0 Å². The molecule has 0 aliphatic carbocycles. The first-order chi connectivity index (χ1) is 14.8. The first kappa shape index (κ1) is 21.0. The predicted octanol–water partition coefficient (Wildman–Crippen LogP) is 4.28. The molecule has 4 aromatic rings. The van der Waals surface area contributed by atoms with Crippen LogP contribution in [0.15, 0.2) is 52.6 Å². The number of halogens is 1. The van der Waals surface area contributed by atoms with E-state index in [4.69, 9.17) is 11.6 Å². The number of anilines is 1. The molecule has 0 unspecified atom stereocenters. The third-order valence-corrected chi connectivity index (χ3v) is 6.18. The van der Waals surface area contributed by atoms with E-state index < -0.39 is 5.91 Å². The Morgan fingerprint density at radius 2 is 1.97 bits per heavy atom. The highest BCUT2D eigenvalue weighted by molar-refractivity contribution is 7.14. The Balaban J connectivity index is 1.56. The zero-order valence-corrected chi connectivity index (χ0v) is 18.8. The number of aryl methyl sites for hydroxylation is 2. The first-order valence-electron chi connectivity index (χ1n) is 9.55. The Morgan fingerprint density at radius 3 is 2.71 bits per heavy atom. The van der Waals surface area contributed by atoms with Crippen LogP contribution in [0.4, 0.5) is 5.13 Å². The summed E-state index contributed by atoms with van der Waals surface area (Å²) in [5, 5.41) is 9.82. The number of nitrogens with one attached hydrogen (secondary N) is 1. The number of carbonyl (C=O) groups excluding carboxylic acids is 1. The van der Waals surface area contributed by atoms with Crippen LogP contribution in [-0.2, 0) is 13.6 Å². The first-order valence-corrected chi connectivity index (χ1v) is 10.8. The second-order valence-corrected chi connectivity index (χ2v) is 8.40. The number of nitrogens with zero attached hydrogens (tertiary/aromatic N) is 4. The molecule has 9 heteroatoms. The Bertz CT molecular complexity index is 1340. The molecule has 1 aromatic carbocycles. The number of aromatic nitrogens is 4. The molecule has 0 saturated heterocycles. The SMILES string of the molecule is Cc1cc(-c2csc(NC(=O)c3ccc(=O)n(C)n3)n2)c(C)n1Cc1ccccc1Cl. The smallest absolute Gasteiger partial charge is 0.277 e. The predicted molar refractivity (Wildman–Crippen MR) is 123 cm³/mol. The minimum atomic E-state index is -0.416. The number of benzene rings is 1. The lowest BCUT2D eigenvalue weighted by molar-refractivity contribution is 0.102. The zero-order valence-electron chi connectivity index (χ0n) is 17.2. The number of carbonyl (C=O) groups is 1. The average Bonchev–Trinajstić information content (AvgIpc) is 3.31. The van der Waals surface area contributed by atoms with Gasteiger partial charge in [0.2, 0.25) is 0 Å². The maximum Gasteiger partial charge on any atom is 0.277 e. The van der Waals surface area contributed by atoms with Crippen molar-refractivity contribution in [2.24, 2.45) is 7.05 Å². The Morgan fingerprint density at radius 1 is 1.19 bits per heavy atom. The number of thiazole rings is 1. The van der Waals surface area contributed by atoms with Gasteiger partial charge in [-0.1, -0.05) is 29.8 Å². The van der Waals surface area contributed by atoms with Gasteiger partial charge >= 0.3 is 0 Å². The highest BCUT2D eigenvalue weighted by atomic mass is 35.5. The lowest BCUT2D eigenvalue weighted by atomic mass is 10.2. The van der Waals surface area contributed by atoms with Gasteiger partial charge in [0.05, 0.1) is 5.69 Å². The van der Waals surface area contributed by atoms with E-state index in [2.05, 4.69) is 26.0 Å². The van der Waals surface area contributed by atoms with Crippen molar-refractivity contribution in [3.05, 3.63) is 85.9 Å². The van der Waals surface area contributed by atoms with Gasteiger partial charge in [0.1, 0.15) is 5.69 Å². The van der Waals surface area contributed by atoms with Crippen molar-refractivity contribution in [3.8, 4) is 11.3 Å². The van der Waals surface area contributed by atoms with Crippen molar-refractivity contribution in [1.82, 2.24) is 19.3 Å². The van der Waals surface area contributed by atoms with Gasteiger partial charge in [-0.05, 0) is 37.6 Å². The van der Waals surface area contributed by atoms with Crippen LogP contribution in [0.1, 0.15) is 27.4 Å². The topological polar surface area (TPSA) is 81.8 Å². The van der Waals surface area contributed by atoms with Crippen molar-refractivity contribution in [3.63, 3.8) is 0 Å². The third-order valence-electron chi connectivity index (χ3n) is 5.05. The maximum atomic E-state index is 12.4. The number of rotatable bonds is 5. The molecular formula is C22H20ClN5O2S. The van der Waals surface area contributed by atoms with E-state index in [-0.39, 0.29) is 11.3 Å². The number of hydrogen-bond acceptors (Lipinski definition) is 5. The molecule has 0 saturated carbocycles. The van der Waals surface area contributed by atoms with Gasteiger partial charge in [-0.2, -0.15) is 5.10 Å². The maximum absolute atomic E-state index is 12.4. The summed E-state index contributed by atoms with van der Waals surface area (Å²) in [5.74, 6) is -0.416. The standard InChI is InChI=1S/C22H20ClN5O2S/c1-13-10-16(14(2)28(13)11-15-6-4-5-7-17(15)23)19-12-31-22(24-19)25-21(30)18-8-9-20(29)27(3)26-18/h4-10,12H,11H2,1-3H3,(H,24,25,30). The molecule has 1 amide bonds. The van der Waals surface area contributed by atoms with Crippen LogP contribution in [0.25, 0.3) is 11.3 Å². The van der Waals surface area contributed by atoms with Gasteiger partial charge in [0.25, 0.3) is 11.5 Å². The van der Waals surface area contributed by atoms with Gasteiger partial charge in [-0.15, -0.1) is 11.3 Å². The van der Waals surface area contributed by atoms with Gasteiger partial charge in [-0.25, -0.2) is 9.67 Å². The molecule has 1 N–H and O–H groups in total.